The van der Waals surface area contributed by atoms with E-state index < -0.39 is 0 Å². The van der Waals surface area contributed by atoms with E-state index in [1.807, 2.05) is 13.8 Å². The topological polar surface area (TPSA) is 41.3 Å². The molecule has 0 bridgehead atoms. The predicted octanol–water partition coefficient (Wildman–Crippen LogP) is 3.14. The number of aryl methyl sites for hydroxylation is 2. The molecule has 1 aromatic heterocycles. The molecular formula is C17H31N3O. The van der Waals surface area contributed by atoms with Crippen LogP contribution in [0.1, 0.15) is 51.1 Å². The Bertz CT molecular complexity index is 433. The Balaban J connectivity index is 2.10. The van der Waals surface area contributed by atoms with Crippen LogP contribution in [0.15, 0.2) is 4.52 Å². The summed E-state index contributed by atoms with van der Waals surface area (Å²) in [6.45, 7) is 16.5. The number of hydrogen-bond acceptors (Lipinski definition) is 4. The highest BCUT2D eigenvalue weighted by molar-refractivity contribution is 5.21. The third kappa shape index (κ3) is 4.07. The van der Waals surface area contributed by atoms with Gasteiger partial charge in [-0.2, -0.15) is 0 Å². The molecule has 120 valence electrons. The summed E-state index contributed by atoms with van der Waals surface area (Å²) in [4.78, 5) is 2.63. The van der Waals surface area contributed by atoms with Crippen LogP contribution in [-0.2, 0) is 6.54 Å². The molecule has 2 heterocycles. The molecule has 4 nitrogen and oxygen atoms in total. The van der Waals surface area contributed by atoms with Gasteiger partial charge in [0.05, 0.1) is 5.69 Å². The van der Waals surface area contributed by atoms with Crippen LogP contribution in [0.5, 0.6) is 0 Å². The Hall–Kier alpha value is -0.870. The van der Waals surface area contributed by atoms with Crippen LogP contribution in [0.25, 0.3) is 0 Å². The van der Waals surface area contributed by atoms with E-state index in [0.717, 1.165) is 37.0 Å². The fourth-order valence-electron chi connectivity index (χ4n) is 3.40. The van der Waals surface area contributed by atoms with Crippen LogP contribution >= 0.6 is 0 Å². The third-order valence-corrected chi connectivity index (χ3v) is 4.61. The highest BCUT2D eigenvalue weighted by Crippen LogP contribution is 2.23. The first-order valence-corrected chi connectivity index (χ1v) is 8.27. The number of nitrogens with zero attached hydrogens (tertiary/aromatic N) is 2. The second kappa shape index (κ2) is 6.93. The van der Waals surface area contributed by atoms with E-state index in [0.29, 0.717) is 18.0 Å². The highest BCUT2D eigenvalue weighted by atomic mass is 16.5. The van der Waals surface area contributed by atoms with Crippen LogP contribution in [0.3, 0.4) is 0 Å². The molecule has 1 aromatic rings. The van der Waals surface area contributed by atoms with Crippen molar-refractivity contribution in [3.63, 3.8) is 0 Å². The smallest absolute Gasteiger partial charge is 0.138 e. The monoisotopic (exact) mass is 293 g/mol. The van der Waals surface area contributed by atoms with Gasteiger partial charge >= 0.3 is 0 Å². The van der Waals surface area contributed by atoms with E-state index >= 15 is 0 Å². The number of nitrogens with one attached hydrogen (secondary N) is 1. The Morgan fingerprint density at radius 3 is 2.52 bits per heavy atom. The van der Waals surface area contributed by atoms with Gasteiger partial charge in [0.1, 0.15) is 5.76 Å². The Kier molecular flexibility index (Phi) is 5.44. The largest absolute Gasteiger partial charge is 0.361 e. The molecule has 1 fully saturated rings. The first kappa shape index (κ1) is 16.5. The molecule has 0 spiro atoms. The lowest BCUT2D eigenvalue weighted by Crippen LogP contribution is -2.58. The van der Waals surface area contributed by atoms with E-state index in [1.165, 1.54) is 12.0 Å². The fourth-order valence-corrected chi connectivity index (χ4v) is 3.40. The minimum absolute atomic E-state index is 0.585. The summed E-state index contributed by atoms with van der Waals surface area (Å²) in [5.41, 5.74) is 2.31. The van der Waals surface area contributed by atoms with Crippen molar-refractivity contribution in [3.8, 4) is 0 Å². The van der Waals surface area contributed by atoms with Gasteiger partial charge in [0.25, 0.3) is 0 Å². The molecule has 0 radical (unpaired) electrons. The fraction of sp³-hybridized carbons (Fsp3) is 0.824. The van der Waals surface area contributed by atoms with Crippen molar-refractivity contribution in [2.45, 2.75) is 66.6 Å². The van der Waals surface area contributed by atoms with Crippen LogP contribution in [-0.4, -0.2) is 35.2 Å². The van der Waals surface area contributed by atoms with Crippen LogP contribution in [0.4, 0.5) is 0 Å². The van der Waals surface area contributed by atoms with Gasteiger partial charge in [-0.05, 0) is 32.1 Å². The molecule has 1 N–H and O–H groups in total. The molecule has 0 amide bonds. The molecule has 1 saturated heterocycles. The van der Waals surface area contributed by atoms with Crippen molar-refractivity contribution in [1.29, 1.82) is 0 Å². The summed E-state index contributed by atoms with van der Waals surface area (Å²) in [6, 6.07) is 1.18. The second-order valence-electron chi connectivity index (χ2n) is 7.28. The lowest BCUT2D eigenvalue weighted by molar-refractivity contribution is 0.0846. The molecular weight excluding hydrogens is 262 g/mol. The van der Waals surface area contributed by atoms with Crippen molar-refractivity contribution in [2.24, 2.45) is 11.8 Å². The summed E-state index contributed by atoms with van der Waals surface area (Å²) < 4.78 is 5.33. The van der Waals surface area contributed by atoms with Gasteiger partial charge in [-0.1, -0.05) is 32.9 Å². The summed E-state index contributed by atoms with van der Waals surface area (Å²) in [5, 5.41) is 7.84. The van der Waals surface area contributed by atoms with Gasteiger partial charge in [0, 0.05) is 37.3 Å². The zero-order valence-electron chi connectivity index (χ0n) is 14.4. The van der Waals surface area contributed by atoms with Gasteiger partial charge in [-0.3, -0.25) is 4.90 Å². The van der Waals surface area contributed by atoms with Crippen molar-refractivity contribution >= 4 is 0 Å². The number of hydrogen-bond donors (Lipinski definition) is 1. The SMILES string of the molecule is Cc1noc(C)c1CN1CC(CC(C)C)NCC1C(C)C. The lowest BCUT2D eigenvalue weighted by Gasteiger charge is -2.43. The first-order valence-electron chi connectivity index (χ1n) is 8.27. The zero-order valence-corrected chi connectivity index (χ0v) is 14.4. The highest BCUT2D eigenvalue weighted by Gasteiger charge is 2.31. The van der Waals surface area contributed by atoms with Crippen LogP contribution in [0, 0.1) is 25.7 Å². The van der Waals surface area contributed by atoms with Crippen molar-refractivity contribution in [1.82, 2.24) is 15.4 Å². The standard InChI is InChI=1S/C17H31N3O/c1-11(2)7-15-9-20(17(8-18-15)12(3)4)10-16-13(5)19-21-14(16)6/h11-12,15,17-18H,7-10H2,1-6H3. The first-order chi connectivity index (χ1) is 9.88. The quantitative estimate of drug-likeness (QED) is 0.905. The predicted molar refractivity (Wildman–Crippen MR) is 86.3 cm³/mol. The molecule has 0 aromatic carbocycles. The van der Waals surface area contributed by atoms with Gasteiger partial charge in [0.15, 0.2) is 0 Å². The molecule has 21 heavy (non-hydrogen) atoms. The summed E-state index contributed by atoms with van der Waals surface area (Å²) >= 11 is 0. The number of piperazine rings is 1. The minimum Gasteiger partial charge on any atom is -0.361 e. The van der Waals surface area contributed by atoms with E-state index in [4.69, 9.17) is 4.52 Å². The average molecular weight is 293 g/mol. The number of rotatable bonds is 5. The third-order valence-electron chi connectivity index (χ3n) is 4.61. The molecule has 0 aliphatic carbocycles. The Morgan fingerprint density at radius 2 is 2.00 bits per heavy atom. The molecule has 2 unspecified atom stereocenters. The number of aromatic nitrogens is 1. The van der Waals surface area contributed by atoms with E-state index in [-0.39, 0.29) is 0 Å². The molecule has 1 aliphatic heterocycles. The maximum Gasteiger partial charge on any atom is 0.138 e. The maximum absolute atomic E-state index is 5.33. The van der Waals surface area contributed by atoms with Crippen molar-refractivity contribution in [3.05, 3.63) is 17.0 Å². The van der Waals surface area contributed by atoms with Gasteiger partial charge in [-0.15, -0.1) is 0 Å². The van der Waals surface area contributed by atoms with Gasteiger partial charge in [0.2, 0.25) is 0 Å². The summed E-state index contributed by atoms with van der Waals surface area (Å²) in [7, 11) is 0. The molecule has 4 heteroatoms. The van der Waals surface area contributed by atoms with Crippen molar-refractivity contribution in [2.75, 3.05) is 13.1 Å². The lowest BCUT2D eigenvalue weighted by atomic mass is 9.94. The van der Waals surface area contributed by atoms with Crippen molar-refractivity contribution < 1.29 is 4.52 Å². The second-order valence-corrected chi connectivity index (χ2v) is 7.28. The van der Waals surface area contributed by atoms with Gasteiger partial charge < -0.3 is 9.84 Å². The van der Waals surface area contributed by atoms with Crippen LogP contribution < -0.4 is 5.32 Å². The maximum atomic E-state index is 5.33. The molecule has 2 rings (SSSR count). The Labute approximate surface area is 129 Å². The molecule has 1 aliphatic rings. The molecule has 2 atom stereocenters. The minimum atomic E-state index is 0.585. The van der Waals surface area contributed by atoms with E-state index in [9.17, 15) is 0 Å². The summed E-state index contributed by atoms with van der Waals surface area (Å²) in [5.74, 6) is 2.35. The zero-order chi connectivity index (χ0) is 15.6. The van der Waals surface area contributed by atoms with E-state index in [1.54, 1.807) is 0 Å². The van der Waals surface area contributed by atoms with Crippen LogP contribution in [0.2, 0.25) is 0 Å². The Morgan fingerprint density at radius 1 is 1.29 bits per heavy atom. The van der Waals surface area contributed by atoms with Gasteiger partial charge in [-0.25, -0.2) is 0 Å². The molecule has 0 saturated carbocycles. The average Bonchev–Trinajstić information content (AvgIpc) is 2.70. The normalized spacial score (nSPS) is 24.2. The van der Waals surface area contributed by atoms with E-state index in [2.05, 4.69) is 43.1 Å². The summed E-state index contributed by atoms with van der Waals surface area (Å²) in [6.07, 6.45) is 1.24.